The highest BCUT2D eigenvalue weighted by atomic mass is 15.2. The van der Waals surface area contributed by atoms with E-state index in [-0.39, 0.29) is 12.1 Å². The van der Waals surface area contributed by atoms with Crippen LogP contribution in [0.25, 0.3) is 22.7 Å². The Balaban J connectivity index is 1.38. The molecular formula is C23H22N10. The normalized spacial score (nSPS) is 18.1. The summed E-state index contributed by atoms with van der Waals surface area (Å²) >= 11 is 0. The molecule has 0 spiro atoms. The van der Waals surface area contributed by atoms with Gasteiger partial charge in [-0.25, -0.2) is 24.9 Å². The van der Waals surface area contributed by atoms with E-state index in [9.17, 15) is 5.26 Å². The number of rotatable bonds is 4. The van der Waals surface area contributed by atoms with Crippen molar-refractivity contribution in [3.05, 3.63) is 47.8 Å². The highest BCUT2D eigenvalue weighted by molar-refractivity contribution is 5.72. The number of hydrogen-bond acceptors (Lipinski definition) is 8. The summed E-state index contributed by atoms with van der Waals surface area (Å²) in [6.07, 6.45) is 10.6. The third-order valence-corrected chi connectivity index (χ3v) is 6.26. The van der Waals surface area contributed by atoms with E-state index >= 15 is 0 Å². The molecule has 1 fully saturated rings. The van der Waals surface area contributed by atoms with E-state index in [1.165, 1.54) is 0 Å². The van der Waals surface area contributed by atoms with Crippen molar-refractivity contribution in [1.82, 2.24) is 34.1 Å². The number of pyridine rings is 1. The van der Waals surface area contributed by atoms with Gasteiger partial charge in [0.05, 0.1) is 18.1 Å². The number of nitrogens with zero attached hydrogens (tertiary/aromatic N) is 9. The van der Waals surface area contributed by atoms with Crippen molar-refractivity contribution in [2.45, 2.75) is 44.7 Å². The van der Waals surface area contributed by atoms with Crippen LogP contribution in [0.3, 0.4) is 0 Å². The lowest BCUT2D eigenvalue weighted by molar-refractivity contribution is 0.335. The van der Waals surface area contributed by atoms with Crippen LogP contribution in [0.2, 0.25) is 0 Å². The highest BCUT2D eigenvalue weighted by Gasteiger charge is 2.26. The van der Waals surface area contributed by atoms with Gasteiger partial charge in [0.15, 0.2) is 11.5 Å². The Hall–Kier alpha value is -4.31. The fourth-order valence-electron chi connectivity index (χ4n) is 4.40. The van der Waals surface area contributed by atoms with Gasteiger partial charge in [-0.05, 0) is 38.7 Å². The zero-order valence-electron chi connectivity index (χ0n) is 18.4. The molecular weight excluding hydrogens is 416 g/mol. The second-order valence-electron chi connectivity index (χ2n) is 8.34. The number of anilines is 1. The number of aromatic nitrogens is 7. The largest absolute Gasteiger partial charge is 0.351 e. The first-order valence-corrected chi connectivity index (χ1v) is 10.8. The third kappa shape index (κ3) is 3.76. The number of fused-ring (bicyclic) bond motifs is 1. The summed E-state index contributed by atoms with van der Waals surface area (Å²) in [5.41, 5.74) is 3.93. The molecule has 0 bridgehead atoms. The molecule has 33 heavy (non-hydrogen) atoms. The Labute approximate surface area is 190 Å². The molecule has 1 aliphatic rings. The Morgan fingerprint density at radius 2 is 1.94 bits per heavy atom. The van der Waals surface area contributed by atoms with Gasteiger partial charge < -0.3 is 14.5 Å². The molecule has 0 amide bonds. The molecule has 5 rings (SSSR count). The summed E-state index contributed by atoms with van der Waals surface area (Å²) in [7, 11) is 1.91. The van der Waals surface area contributed by atoms with Gasteiger partial charge in [-0.15, -0.1) is 0 Å². The average molecular weight is 438 g/mol. The number of hydrogen-bond donors (Lipinski definition) is 1. The number of nitriles is 2. The number of imidazole rings is 2. The van der Waals surface area contributed by atoms with Crippen LogP contribution in [0.1, 0.15) is 48.5 Å². The maximum absolute atomic E-state index is 9.53. The molecule has 1 aliphatic carbocycles. The van der Waals surface area contributed by atoms with Crippen molar-refractivity contribution in [3.8, 4) is 23.7 Å². The van der Waals surface area contributed by atoms with Crippen LogP contribution in [0.15, 0.2) is 31.0 Å². The van der Waals surface area contributed by atoms with Gasteiger partial charge in [-0.2, -0.15) is 10.5 Å². The molecule has 0 unspecified atom stereocenters. The minimum atomic E-state index is 0.170. The quantitative estimate of drug-likeness (QED) is 0.513. The molecule has 164 valence electrons. The van der Waals surface area contributed by atoms with Crippen molar-refractivity contribution >= 4 is 17.1 Å². The van der Waals surface area contributed by atoms with Crippen molar-refractivity contribution in [2.75, 3.05) is 5.32 Å². The summed E-state index contributed by atoms with van der Waals surface area (Å²) in [4.78, 5) is 22.4. The molecule has 4 aromatic rings. The molecule has 1 N–H and O–H groups in total. The van der Waals surface area contributed by atoms with Gasteiger partial charge in [0, 0.05) is 37.2 Å². The maximum atomic E-state index is 9.53. The van der Waals surface area contributed by atoms with Gasteiger partial charge in [0.2, 0.25) is 5.95 Å². The molecule has 0 saturated heterocycles. The van der Waals surface area contributed by atoms with Crippen molar-refractivity contribution in [1.29, 1.82) is 10.5 Å². The van der Waals surface area contributed by atoms with Crippen LogP contribution in [0, 0.1) is 29.6 Å². The summed E-state index contributed by atoms with van der Waals surface area (Å²) in [5, 5.41) is 22.1. The van der Waals surface area contributed by atoms with Crippen molar-refractivity contribution < 1.29 is 0 Å². The van der Waals surface area contributed by atoms with Crippen LogP contribution in [0.5, 0.6) is 0 Å². The Bertz CT molecular complexity index is 1420. The molecule has 0 aliphatic heterocycles. The van der Waals surface area contributed by atoms with Crippen LogP contribution < -0.4 is 5.32 Å². The van der Waals surface area contributed by atoms with Gasteiger partial charge in [-0.1, -0.05) is 0 Å². The lowest BCUT2D eigenvalue weighted by Gasteiger charge is -2.30. The molecule has 10 heteroatoms. The summed E-state index contributed by atoms with van der Waals surface area (Å²) in [6.45, 7) is 1.96. The number of nitrogens with one attached hydrogen (secondary N) is 1. The van der Waals surface area contributed by atoms with E-state index in [1.54, 1.807) is 24.7 Å². The molecule has 2 atom stereocenters. The standard InChI is InChI=1S/C23H22N10/c1-14-10-26-22(32(14)2)20-16(9-25)12-28-23(31-20)30-17-4-3-5-18(7-17)33-13-29-19-6-15(8-24)11-27-21(19)33/h6,10-13,17-18H,3-5,7H2,1-2H3,(H,28,30,31)/t17-,18+/m1/s1. The summed E-state index contributed by atoms with van der Waals surface area (Å²) < 4.78 is 4.02. The van der Waals surface area contributed by atoms with Crippen LogP contribution >= 0.6 is 0 Å². The zero-order chi connectivity index (χ0) is 22.9. The molecule has 10 nitrogen and oxygen atoms in total. The average Bonchev–Trinajstić information content (AvgIpc) is 3.41. The van der Waals surface area contributed by atoms with E-state index in [1.807, 2.05) is 24.9 Å². The van der Waals surface area contributed by atoms with Crippen LogP contribution in [0.4, 0.5) is 5.95 Å². The molecule has 0 radical (unpaired) electrons. The smallest absolute Gasteiger partial charge is 0.223 e. The topological polar surface area (TPSA) is 134 Å². The highest BCUT2D eigenvalue weighted by Crippen LogP contribution is 2.32. The van der Waals surface area contributed by atoms with Gasteiger partial charge >= 0.3 is 0 Å². The Morgan fingerprint density at radius 1 is 1.06 bits per heavy atom. The van der Waals surface area contributed by atoms with E-state index in [0.29, 0.717) is 28.6 Å². The predicted octanol–water partition coefficient (Wildman–Crippen LogP) is 3.27. The van der Waals surface area contributed by atoms with Crippen LogP contribution in [-0.2, 0) is 7.05 Å². The fourth-order valence-corrected chi connectivity index (χ4v) is 4.40. The molecule has 4 aromatic heterocycles. The predicted molar refractivity (Wildman–Crippen MR) is 121 cm³/mol. The monoisotopic (exact) mass is 438 g/mol. The van der Waals surface area contributed by atoms with Crippen LogP contribution in [-0.4, -0.2) is 40.1 Å². The first-order chi connectivity index (χ1) is 16.1. The Kier molecular flexibility index (Phi) is 5.19. The van der Waals surface area contributed by atoms with E-state index in [4.69, 9.17) is 5.26 Å². The zero-order valence-corrected chi connectivity index (χ0v) is 18.4. The second kappa shape index (κ2) is 8.32. The van der Waals surface area contributed by atoms with E-state index in [2.05, 4.69) is 46.9 Å². The Morgan fingerprint density at radius 3 is 2.70 bits per heavy atom. The fraction of sp³-hybridized carbons (Fsp3) is 0.348. The lowest BCUT2D eigenvalue weighted by Crippen LogP contribution is -2.29. The lowest BCUT2D eigenvalue weighted by atomic mass is 9.91. The van der Waals surface area contributed by atoms with Crippen molar-refractivity contribution in [3.63, 3.8) is 0 Å². The molecule has 0 aromatic carbocycles. The minimum absolute atomic E-state index is 0.170. The molecule has 1 saturated carbocycles. The maximum Gasteiger partial charge on any atom is 0.223 e. The number of aryl methyl sites for hydroxylation is 1. The van der Waals surface area contributed by atoms with Gasteiger partial charge in [-0.3, -0.25) is 0 Å². The van der Waals surface area contributed by atoms with Crippen molar-refractivity contribution in [2.24, 2.45) is 7.05 Å². The minimum Gasteiger partial charge on any atom is -0.351 e. The first kappa shape index (κ1) is 20.6. The van der Waals surface area contributed by atoms with E-state index in [0.717, 1.165) is 42.5 Å². The van der Waals surface area contributed by atoms with E-state index < -0.39 is 0 Å². The first-order valence-electron chi connectivity index (χ1n) is 10.8. The van der Waals surface area contributed by atoms with Gasteiger partial charge in [0.25, 0.3) is 0 Å². The summed E-state index contributed by atoms with van der Waals surface area (Å²) in [6, 6.07) is 6.45. The summed E-state index contributed by atoms with van der Waals surface area (Å²) in [5.74, 6) is 1.13. The SMILES string of the molecule is Cc1cnc(-c2nc(N[C@@H]3CCC[C@H](n4cnc5cc(C#N)cnc54)C3)ncc2C#N)n1C. The third-order valence-electron chi connectivity index (χ3n) is 6.26. The molecule has 4 heterocycles. The second-order valence-corrected chi connectivity index (χ2v) is 8.34. The van der Waals surface area contributed by atoms with Gasteiger partial charge in [0.1, 0.15) is 28.9 Å².